The van der Waals surface area contributed by atoms with E-state index in [1.807, 2.05) is 0 Å². The molecule has 26 heavy (non-hydrogen) atoms. The minimum absolute atomic E-state index is 0. The van der Waals surface area contributed by atoms with Gasteiger partial charge < -0.3 is 19.3 Å². The average Bonchev–Trinajstić information content (AvgIpc) is 2.46. The van der Waals surface area contributed by atoms with E-state index >= 15 is 0 Å². The van der Waals surface area contributed by atoms with Gasteiger partial charge in [0.2, 0.25) is 0 Å². The van der Waals surface area contributed by atoms with E-state index in [0.29, 0.717) is 11.5 Å². The number of hydrogen-bond donors (Lipinski definition) is 2. The van der Waals surface area contributed by atoms with Crippen molar-refractivity contribution >= 4 is 41.8 Å². The first-order valence-electron chi connectivity index (χ1n) is 6.33. The molecular weight excluding hydrogens is 438 g/mol. The topological polar surface area (TPSA) is 155 Å². The summed E-state index contributed by atoms with van der Waals surface area (Å²) >= 11 is 0. The van der Waals surface area contributed by atoms with Gasteiger partial charge in [0.05, 0.1) is 4.90 Å². The first kappa shape index (κ1) is 24.9. The number of phenolic OH excluding ortho intramolecular Hbond substituents is 2. The Morgan fingerprint density at radius 1 is 0.731 bits per heavy atom. The molecule has 126 valence electrons. The van der Waals surface area contributed by atoms with Crippen LogP contribution in [0.3, 0.4) is 0 Å². The predicted molar refractivity (Wildman–Crippen MR) is 80.7 cm³/mol. The molecule has 0 atom stereocenters. The molecule has 0 spiro atoms. The minimum atomic E-state index is -5.01. The third-order valence-corrected chi connectivity index (χ3v) is 5.22. The quantitative estimate of drug-likeness (QED) is 0.172. The van der Waals surface area contributed by atoms with E-state index < -0.39 is 41.5 Å². The minimum Gasteiger partial charge on any atom is -0.744 e. The molecule has 0 saturated carbocycles. The van der Waals surface area contributed by atoms with E-state index in [9.17, 15) is 36.2 Å². The number of fused-ring (bicyclic) bond motifs is 2. The Bertz CT molecular complexity index is 1220. The molecule has 3 aromatic rings. The number of rotatable bonds is 2. The van der Waals surface area contributed by atoms with Crippen molar-refractivity contribution in [1.82, 2.24) is 0 Å². The Morgan fingerprint density at radius 3 is 1.85 bits per heavy atom. The van der Waals surface area contributed by atoms with Crippen LogP contribution in [0.4, 0.5) is 0 Å². The molecule has 0 fully saturated rings. The molecule has 0 aromatic heterocycles. The van der Waals surface area contributed by atoms with Crippen molar-refractivity contribution in [2.75, 3.05) is 0 Å². The molecule has 0 unspecified atom stereocenters. The standard InChI is InChI=1S/C14H10O8S2.2K/c15-12-6-13(24(20,21)22)14(16)11-4-7-1-2-9(23(17,18)19)3-8(7)5-10(11)12;;/h1-6,15-16H,(H,17,18,19)(H,20,21,22);;/q;2*+1/p-2. The summed E-state index contributed by atoms with van der Waals surface area (Å²) in [6, 6.07) is 6.59. The molecule has 0 aliphatic carbocycles. The van der Waals surface area contributed by atoms with E-state index in [0.717, 1.165) is 12.1 Å². The maximum absolute atomic E-state index is 11.1. The fraction of sp³-hybridized carbons (Fsp3) is 0. The summed E-state index contributed by atoms with van der Waals surface area (Å²) in [5, 5.41) is 20.5. The van der Waals surface area contributed by atoms with Crippen molar-refractivity contribution in [2.45, 2.75) is 9.79 Å². The molecule has 0 heterocycles. The number of benzene rings is 3. The largest absolute Gasteiger partial charge is 1.00 e. The zero-order chi connectivity index (χ0) is 17.9. The van der Waals surface area contributed by atoms with E-state index in [-0.39, 0.29) is 119 Å². The molecule has 0 aliphatic rings. The van der Waals surface area contributed by atoms with Crippen LogP contribution >= 0.6 is 0 Å². The molecule has 8 nitrogen and oxygen atoms in total. The van der Waals surface area contributed by atoms with Gasteiger partial charge in [-0.2, -0.15) is 0 Å². The molecule has 2 N–H and O–H groups in total. The molecule has 0 bridgehead atoms. The summed E-state index contributed by atoms with van der Waals surface area (Å²) < 4.78 is 66.6. The summed E-state index contributed by atoms with van der Waals surface area (Å²) in [6.07, 6.45) is 0. The SMILES string of the molecule is O=S(=O)([O-])c1ccc2cc3c(O)c(S(=O)(=O)[O-])cc(O)c3cc2c1.[K+].[K+]. The second-order valence-corrected chi connectivity index (χ2v) is 7.79. The molecule has 0 aliphatic heterocycles. The Kier molecular flexibility index (Phi) is 8.34. The Morgan fingerprint density at radius 2 is 1.31 bits per heavy atom. The molecule has 3 rings (SSSR count). The number of aromatic hydroxyl groups is 2. The van der Waals surface area contributed by atoms with Gasteiger partial charge in [0, 0.05) is 16.8 Å². The molecule has 0 radical (unpaired) electrons. The maximum Gasteiger partial charge on any atom is 1.00 e. The predicted octanol–water partition coefficient (Wildman–Crippen LogP) is -4.78. The van der Waals surface area contributed by atoms with Crippen LogP contribution in [0.2, 0.25) is 0 Å². The van der Waals surface area contributed by atoms with Gasteiger partial charge in [-0.25, -0.2) is 16.8 Å². The normalized spacial score (nSPS) is 11.8. The summed E-state index contributed by atoms with van der Waals surface area (Å²) in [5.74, 6) is -1.41. The van der Waals surface area contributed by atoms with Crippen molar-refractivity contribution < 1.29 is 139 Å². The monoisotopic (exact) mass is 446 g/mol. The van der Waals surface area contributed by atoms with E-state index in [2.05, 4.69) is 0 Å². The maximum atomic E-state index is 11.1. The van der Waals surface area contributed by atoms with E-state index in [4.69, 9.17) is 0 Å². The summed E-state index contributed by atoms with van der Waals surface area (Å²) in [6.45, 7) is 0. The third-order valence-electron chi connectivity index (χ3n) is 3.54. The molecular formula is C14H8K2O8S2. The van der Waals surface area contributed by atoms with Crippen LogP contribution < -0.4 is 103 Å². The first-order chi connectivity index (χ1) is 11.0. The Balaban J connectivity index is 0.00000169. The number of hydrogen-bond acceptors (Lipinski definition) is 8. The van der Waals surface area contributed by atoms with Gasteiger partial charge in [-0.05, 0) is 35.0 Å². The van der Waals surface area contributed by atoms with Crippen LogP contribution in [-0.4, -0.2) is 36.2 Å². The average molecular weight is 447 g/mol. The Labute approximate surface area is 233 Å². The van der Waals surface area contributed by atoms with Crippen LogP contribution in [0.15, 0.2) is 46.2 Å². The van der Waals surface area contributed by atoms with Crippen LogP contribution in [0.1, 0.15) is 0 Å². The van der Waals surface area contributed by atoms with Crippen molar-refractivity contribution in [3.63, 3.8) is 0 Å². The zero-order valence-electron chi connectivity index (χ0n) is 13.6. The fourth-order valence-corrected chi connectivity index (χ4v) is 3.54. The van der Waals surface area contributed by atoms with Crippen molar-refractivity contribution in [3.05, 3.63) is 36.4 Å². The zero-order valence-corrected chi connectivity index (χ0v) is 21.5. The van der Waals surface area contributed by atoms with Crippen molar-refractivity contribution in [1.29, 1.82) is 0 Å². The summed E-state index contributed by atoms with van der Waals surface area (Å²) in [7, 11) is -9.68. The Hall–Kier alpha value is 0.873. The van der Waals surface area contributed by atoms with Crippen LogP contribution in [0, 0.1) is 0 Å². The molecule has 0 amide bonds. The van der Waals surface area contributed by atoms with Crippen LogP contribution in [0.25, 0.3) is 21.5 Å². The third kappa shape index (κ3) is 4.88. The van der Waals surface area contributed by atoms with Crippen molar-refractivity contribution in [2.24, 2.45) is 0 Å². The van der Waals surface area contributed by atoms with Gasteiger partial charge in [-0.1, -0.05) is 6.07 Å². The van der Waals surface area contributed by atoms with Gasteiger partial charge in [0.25, 0.3) is 0 Å². The van der Waals surface area contributed by atoms with E-state index in [1.165, 1.54) is 18.2 Å². The summed E-state index contributed by atoms with van der Waals surface area (Å²) in [4.78, 5) is -1.44. The smallest absolute Gasteiger partial charge is 0.744 e. The van der Waals surface area contributed by atoms with Gasteiger partial charge in [-0.15, -0.1) is 0 Å². The summed E-state index contributed by atoms with van der Waals surface area (Å²) in [5.41, 5.74) is 0. The molecule has 3 aromatic carbocycles. The first-order valence-corrected chi connectivity index (χ1v) is 9.14. The molecule has 0 saturated heterocycles. The van der Waals surface area contributed by atoms with Gasteiger partial charge in [0.1, 0.15) is 36.6 Å². The van der Waals surface area contributed by atoms with Gasteiger partial charge in [-0.3, -0.25) is 0 Å². The van der Waals surface area contributed by atoms with Gasteiger partial charge in [0.15, 0.2) is 0 Å². The van der Waals surface area contributed by atoms with Crippen molar-refractivity contribution in [3.8, 4) is 11.5 Å². The van der Waals surface area contributed by atoms with Gasteiger partial charge >= 0.3 is 103 Å². The molecule has 12 heteroatoms. The van der Waals surface area contributed by atoms with E-state index in [1.54, 1.807) is 0 Å². The van der Waals surface area contributed by atoms with Crippen LogP contribution in [-0.2, 0) is 20.2 Å². The second-order valence-electron chi connectivity index (χ2n) is 5.06. The number of phenols is 2. The second kappa shape index (κ2) is 8.71. The van der Waals surface area contributed by atoms with Crippen LogP contribution in [0.5, 0.6) is 11.5 Å². The fourth-order valence-electron chi connectivity index (χ4n) is 2.43.